The minimum atomic E-state index is -0.916. The summed E-state index contributed by atoms with van der Waals surface area (Å²) < 4.78 is 5.15. The predicted molar refractivity (Wildman–Crippen MR) is 153 cm³/mol. The van der Waals surface area contributed by atoms with E-state index in [9.17, 15) is 9.59 Å². The Balaban J connectivity index is 3.38. The van der Waals surface area contributed by atoms with Crippen molar-refractivity contribution in [3.8, 4) is 0 Å². The summed E-state index contributed by atoms with van der Waals surface area (Å²) in [5.41, 5.74) is 0. The van der Waals surface area contributed by atoms with Crippen LogP contribution in [0.4, 0.5) is 0 Å². The van der Waals surface area contributed by atoms with E-state index in [2.05, 4.69) is 19.1 Å². The summed E-state index contributed by atoms with van der Waals surface area (Å²) in [6.45, 7) is 4.59. The maximum atomic E-state index is 12.0. The third kappa shape index (κ3) is 25.8. The first kappa shape index (κ1) is 34.7. The SMILES string of the molecule is CCCCCC/C=C/CCCCCCCCCCCCCCCCCC(CC(=O)O)C(=O)OCCC. The standard InChI is InChI=1S/C32H60O4/c1-3-5-6-7-8-9-10-11-12-13-14-15-16-17-18-19-20-21-22-23-24-25-26-27-30(29-31(33)34)32(35)36-28-4-2/h9-10,30H,3-8,11-29H2,1-2H3,(H,33,34)/b10-9+. The highest BCUT2D eigenvalue weighted by molar-refractivity contribution is 5.79. The molecule has 0 heterocycles. The molecule has 4 heteroatoms. The van der Waals surface area contributed by atoms with Gasteiger partial charge in [-0.3, -0.25) is 9.59 Å². The van der Waals surface area contributed by atoms with E-state index >= 15 is 0 Å². The monoisotopic (exact) mass is 508 g/mol. The molecule has 0 saturated carbocycles. The van der Waals surface area contributed by atoms with Gasteiger partial charge < -0.3 is 9.84 Å². The lowest BCUT2D eigenvalue weighted by molar-refractivity contribution is -0.153. The smallest absolute Gasteiger partial charge is 0.309 e. The highest BCUT2D eigenvalue weighted by Crippen LogP contribution is 2.18. The second-order valence-electron chi connectivity index (χ2n) is 10.7. The summed E-state index contributed by atoms with van der Waals surface area (Å²) in [5.74, 6) is -1.74. The minimum Gasteiger partial charge on any atom is -0.481 e. The number of ether oxygens (including phenoxy) is 1. The van der Waals surface area contributed by atoms with Crippen LogP contribution >= 0.6 is 0 Å². The van der Waals surface area contributed by atoms with Crippen LogP contribution in [0.2, 0.25) is 0 Å². The van der Waals surface area contributed by atoms with Crippen molar-refractivity contribution < 1.29 is 19.4 Å². The molecule has 0 aromatic carbocycles. The van der Waals surface area contributed by atoms with E-state index in [1.807, 2.05) is 6.92 Å². The zero-order valence-corrected chi connectivity index (χ0v) is 24.1. The number of carbonyl (C=O) groups is 2. The summed E-state index contributed by atoms with van der Waals surface area (Å²) in [6, 6.07) is 0. The average Bonchev–Trinajstić information content (AvgIpc) is 2.86. The number of unbranched alkanes of at least 4 members (excludes halogenated alkanes) is 19. The van der Waals surface area contributed by atoms with E-state index in [0.717, 1.165) is 19.3 Å². The number of aliphatic carboxylic acids is 1. The van der Waals surface area contributed by atoms with Crippen molar-refractivity contribution in [3.05, 3.63) is 12.2 Å². The lowest BCUT2D eigenvalue weighted by Gasteiger charge is -2.13. The van der Waals surface area contributed by atoms with Gasteiger partial charge in [-0.25, -0.2) is 0 Å². The molecule has 0 rings (SSSR count). The van der Waals surface area contributed by atoms with Gasteiger partial charge in [0.15, 0.2) is 0 Å². The van der Waals surface area contributed by atoms with Gasteiger partial charge in [-0.15, -0.1) is 0 Å². The second-order valence-corrected chi connectivity index (χ2v) is 10.7. The molecule has 0 saturated heterocycles. The van der Waals surface area contributed by atoms with Crippen molar-refractivity contribution in [3.63, 3.8) is 0 Å². The Hall–Kier alpha value is -1.32. The highest BCUT2D eigenvalue weighted by atomic mass is 16.5. The Morgan fingerprint density at radius 2 is 1.03 bits per heavy atom. The van der Waals surface area contributed by atoms with Crippen molar-refractivity contribution in [2.75, 3.05) is 6.61 Å². The maximum Gasteiger partial charge on any atom is 0.309 e. The molecule has 0 aromatic heterocycles. The quantitative estimate of drug-likeness (QED) is 0.0648. The van der Waals surface area contributed by atoms with Crippen molar-refractivity contribution in [1.29, 1.82) is 0 Å². The minimum absolute atomic E-state index is 0.112. The first-order valence-electron chi connectivity index (χ1n) is 15.6. The Morgan fingerprint density at radius 3 is 1.44 bits per heavy atom. The van der Waals surface area contributed by atoms with E-state index in [1.54, 1.807) is 0 Å². The van der Waals surface area contributed by atoms with Gasteiger partial charge in [0, 0.05) is 0 Å². The van der Waals surface area contributed by atoms with Crippen molar-refractivity contribution >= 4 is 11.9 Å². The highest BCUT2D eigenvalue weighted by Gasteiger charge is 2.22. The van der Waals surface area contributed by atoms with E-state index < -0.39 is 11.9 Å². The number of hydrogen-bond donors (Lipinski definition) is 1. The van der Waals surface area contributed by atoms with Gasteiger partial charge in [-0.05, 0) is 38.5 Å². The Bertz CT molecular complexity index is 514. The molecular weight excluding hydrogens is 448 g/mol. The molecule has 0 aliphatic rings. The van der Waals surface area contributed by atoms with Crippen LogP contribution < -0.4 is 0 Å². The Kier molecular flexibility index (Phi) is 27.2. The van der Waals surface area contributed by atoms with Gasteiger partial charge in [0.25, 0.3) is 0 Å². The van der Waals surface area contributed by atoms with Crippen LogP contribution in [0.15, 0.2) is 12.2 Å². The number of carbonyl (C=O) groups excluding carboxylic acids is 1. The van der Waals surface area contributed by atoms with Crippen LogP contribution in [0.5, 0.6) is 0 Å². The summed E-state index contributed by atoms with van der Waals surface area (Å²) in [7, 11) is 0. The zero-order chi connectivity index (χ0) is 26.5. The van der Waals surface area contributed by atoms with Gasteiger partial charge >= 0.3 is 11.9 Å². The molecule has 1 unspecified atom stereocenters. The lowest BCUT2D eigenvalue weighted by atomic mass is 9.97. The number of esters is 1. The molecule has 1 atom stereocenters. The predicted octanol–water partition coefficient (Wildman–Crippen LogP) is 10.2. The molecule has 4 nitrogen and oxygen atoms in total. The topological polar surface area (TPSA) is 63.6 Å². The third-order valence-corrected chi connectivity index (χ3v) is 7.02. The number of carboxylic acids is 1. The van der Waals surface area contributed by atoms with Crippen LogP contribution in [-0.2, 0) is 14.3 Å². The molecule has 0 amide bonds. The summed E-state index contributed by atoms with van der Waals surface area (Å²) in [4.78, 5) is 23.0. The summed E-state index contributed by atoms with van der Waals surface area (Å²) in [5, 5.41) is 9.03. The van der Waals surface area contributed by atoms with Gasteiger partial charge in [-0.2, -0.15) is 0 Å². The van der Waals surface area contributed by atoms with Gasteiger partial charge in [0.2, 0.25) is 0 Å². The first-order chi connectivity index (χ1) is 17.6. The molecule has 0 bridgehead atoms. The summed E-state index contributed by atoms with van der Waals surface area (Å²) >= 11 is 0. The number of carboxylic acid groups (broad SMARTS) is 1. The molecular formula is C32H60O4. The lowest BCUT2D eigenvalue weighted by Crippen LogP contribution is -2.21. The third-order valence-electron chi connectivity index (χ3n) is 7.02. The average molecular weight is 509 g/mol. The van der Waals surface area contributed by atoms with Gasteiger partial charge in [0.05, 0.1) is 18.9 Å². The molecule has 0 spiro atoms. The van der Waals surface area contributed by atoms with E-state index in [0.29, 0.717) is 13.0 Å². The molecule has 0 aromatic rings. The fourth-order valence-electron chi connectivity index (χ4n) is 4.71. The molecule has 36 heavy (non-hydrogen) atoms. The van der Waals surface area contributed by atoms with Crippen LogP contribution in [0.3, 0.4) is 0 Å². The number of allylic oxidation sites excluding steroid dienone is 2. The maximum absolute atomic E-state index is 12.0. The molecule has 212 valence electrons. The zero-order valence-electron chi connectivity index (χ0n) is 24.1. The van der Waals surface area contributed by atoms with Crippen molar-refractivity contribution in [2.24, 2.45) is 5.92 Å². The normalized spacial score (nSPS) is 12.3. The van der Waals surface area contributed by atoms with Crippen molar-refractivity contribution in [1.82, 2.24) is 0 Å². The van der Waals surface area contributed by atoms with Crippen LogP contribution in [0, 0.1) is 5.92 Å². The van der Waals surface area contributed by atoms with Gasteiger partial charge in [0.1, 0.15) is 0 Å². The van der Waals surface area contributed by atoms with Crippen LogP contribution in [-0.4, -0.2) is 23.7 Å². The molecule has 0 fully saturated rings. The largest absolute Gasteiger partial charge is 0.481 e. The van der Waals surface area contributed by atoms with Crippen molar-refractivity contribution in [2.45, 2.75) is 168 Å². The first-order valence-corrected chi connectivity index (χ1v) is 15.6. The Labute approximate surface area is 224 Å². The van der Waals surface area contributed by atoms with Crippen LogP contribution in [0.1, 0.15) is 168 Å². The Morgan fingerprint density at radius 1 is 0.611 bits per heavy atom. The fourth-order valence-corrected chi connectivity index (χ4v) is 4.71. The molecule has 0 aliphatic carbocycles. The van der Waals surface area contributed by atoms with Gasteiger partial charge in [-0.1, -0.05) is 135 Å². The van der Waals surface area contributed by atoms with E-state index in [4.69, 9.17) is 9.84 Å². The second kappa shape index (κ2) is 28.3. The number of rotatable bonds is 28. The number of hydrogen-bond acceptors (Lipinski definition) is 3. The fraction of sp³-hybridized carbons (Fsp3) is 0.875. The van der Waals surface area contributed by atoms with E-state index in [-0.39, 0.29) is 12.4 Å². The molecule has 0 aliphatic heterocycles. The molecule has 1 N–H and O–H groups in total. The van der Waals surface area contributed by atoms with Crippen LogP contribution in [0.25, 0.3) is 0 Å². The summed E-state index contributed by atoms with van der Waals surface area (Å²) in [6.07, 6.45) is 33.6. The molecule has 0 radical (unpaired) electrons. The van der Waals surface area contributed by atoms with E-state index in [1.165, 1.54) is 122 Å².